The number of rotatable bonds is 3. The van der Waals surface area contributed by atoms with E-state index in [9.17, 15) is 0 Å². The van der Waals surface area contributed by atoms with Gasteiger partial charge in [-0.25, -0.2) is 15.0 Å². The average Bonchev–Trinajstić information content (AvgIpc) is 3.21. The average molecular weight is 454 g/mol. The Kier molecular flexibility index (Phi) is 5.19. The van der Waals surface area contributed by atoms with Gasteiger partial charge in [0.25, 0.3) is 0 Å². The highest BCUT2D eigenvalue weighted by atomic mass is 32.1. The Bertz CT molecular complexity index is 1150. The molecule has 0 aromatic carbocycles. The third-order valence-corrected chi connectivity index (χ3v) is 8.19. The minimum atomic E-state index is -0.187. The zero-order valence-electron chi connectivity index (χ0n) is 18.9. The summed E-state index contributed by atoms with van der Waals surface area (Å²) < 4.78 is 13.1. The van der Waals surface area contributed by atoms with Crippen molar-refractivity contribution in [2.45, 2.75) is 70.6 Å². The van der Waals surface area contributed by atoms with Crippen LogP contribution in [-0.4, -0.2) is 52.9 Å². The van der Waals surface area contributed by atoms with Crippen LogP contribution in [0.5, 0.6) is 0 Å². The van der Waals surface area contributed by atoms with Gasteiger partial charge in [-0.2, -0.15) is 0 Å². The summed E-state index contributed by atoms with van der Waals surface area (Å²) in [6.07, 6.45) is 8.92. The van der Waals surface area contributed by atoms with Gasteiger partial charge in [-0.15, -0.1) is 11.3 Å². The summed E-state index contributed by atoms with van der Waals surface area (Å²) in [7, 11) is 0. The number of nitrogens with zero attached hydrogens (tertiary/aromatic N) is 4. The number of nitrogens with one attached hydrogen (secondary N) is 1. The molecule has 8 heteroatoms. The van der Waals surface area contributed by atoms with Crippen LogP contribution in [0.4, 0.5) is 11.6 Å². The highest BCUT2D eigenvalue weighted by Crippen LogP contribution is 2.46. The standard InChI is InChI=1S/C24H31N5O2S/c1-24(2)12-16-17(13-31-24)28-22(29-8-10-30-11-9-29)18-19-21(27-15-6-4-3-5-7-15)25-14-26-23(19)32-20(16)18/h14-15H,3-13H2,1-2H3,(H,25,26,27). The monoisotopic (exact) mass is 453 g/mol. The van der Waals surface area contributed by atoms with Crippen molar-refractivity contribution in [1.82, 2.24) is 15.0 Å². The molecule has 1 saturated heterocycles. The minimum absolute atomic E-state index is 0.187. The molecule has 0 bridgehead atoms. The van der Waals surface area contributed by atoms with E-state index in [4.69, 9.17) is 24.4 Å². The van der Waals surface area contributed by atoms with E-state index in [-0.39, 0.29) is 5.60 Å². The molecular weight excluding hydrogens is 422 g/mol. The van der Waals surface area contributed by atoms with E-state index in [1.165, 1.54) is 47.8 Å². The molecule has 0 atom stereocenters. The maximum absolute atomic E-state index is 6.14. The van der Waals surface area contributed by atoms with E-state index in [2.05, 4.69) is 24.1 Å². The lowest BCUT2D eigenvalue weighted by Crippen LogP contribution is -2.38. The fraction of sp³-hybridized carbons (Fsp3) is 0.625. The van der Waals surface area contributed by atoms with Crippen molar-refractivity contribution < 1.29 is 9.47 Å². The second-order valence-corrected chi connectivity index (χ2v) is 10.9. The number of morpholine rings is 1. The Labute approximate surface area is 192 Å². The quantitative estimate of drug-likeness (QED) is 0.618. The van der Waals surface area contributed by atoms with Crippen molar-refractivity contribution in [3.8, 4) is 0 Å². The number of anilines is 2. The lowest BCUT2D eigenvalue weighted by Gasteiger charge is -2.34. The van der Waals surface area contributed by atoms with Gasteiger partial charge < -0.3 is 19.7 Å². The molecule has 1 aliphatic carbocycles. The van der Waals surface area contributed by atoms with Crippen LogP contribution in [0.3, 0.4) is 0 Å². The van der Waals surface area contributed by atoms with Crippen LogP contribution in [-0.2, 0) is 22.5 Å². The van der Waals surface area contributed by atoms with E-state index in [0.29, 0.717) is 12.6 Å². The molecule has 1 saturated carbocycles. The molecule has 170 valence electrons. The number of hydrogen-bond acceptors (Lipinski definition) is 8. The van der Waals surface area contributed by atoms with Crippen molar-refractivity contribution in [2.24, 2.45) is 0 Å². The van der Waals surface area contributed by atoms with Crippen LogP contribution in [0, 0.1) is 0 Å². The molecular formula is C24H31N5O2S. The third-order valence-electron chi connectivity index (χ3n) is 7.03. The van der Waals surface area contributed by atoms with Crippen LogP contribution >= 0.6 is 11.3 Å². The number of thiophene rings is 1. The number of pyridine rings is 1. The molecule has 0 radical (unpaired) electrons. The van der Waals surface area contributed by atoms with Gasteiger partial charge in [0.1, 0.15) is 22.8 Å². The van der Waals surface area contributed by atoms with E-state index in [1.807, 2.05) is 0 Å². The maximum Gasteiger partial charge on any atom is 0.139 e. The van der Waals surface area contributed by atoms with Crippen molar-refractivity contribution in [2.75, 3.05) is 36.5 Å². The molecule has 2 aliphatic heterocycles. The van der Waals surface area contributed by atoms with Gasteiger partial charge in [0.2, 0.25) is 0 Å². The molecule has 0 unspecified atom stereocenters. The molecule has 6 rings (SSSR count). The zero-order valence-corrected chi connectivity index (χ0v) is 19.8. The molecule has 0 amide bonds. The number of hydrogen-bond donors (Lipinski definition) is 1. The topological polar surface area (TPSA) is 72.4 Å². The van der Waals surface area contributed by atoms with Crippen molar-refractivity contribution in [3.63, 3.8) is 0 Å². The van der Waals surface area contributed by atoms with Crippen LogP contribution in [0.1, 0.15) is 57.2 Å². The van der Waals surface area contributed by atoms with Crippen molar-refractivity contribution >= 4 is 43.3 Å². The summed E-state index contributed by atoms with van der Waals surface area (Å²) in [5.74, 6) is 2.01. The van der Waals surface area contributed by atoms with Gasteiger partial charge in [-0.05, 0) is 32.3 Å². The highest BCUT2D eigenvalue weighted by Gasteiger charge is 2.32. The SMILES string of the molecule is CC1(C)Cc2c(nc(N3CCOCC3)c3c2sc2ncnc(NC4CCCCC4)c23)CO1. The molecule has 7 nitrogen and oxygen atoms in total. The molecule has 1 N–H and O–H groups in total. The summed E-state index contributed by atoms with van der Waals surface area (Å²) in [5, 5.41) is 6.14. The minimum Gasteiger partial charge on any atom is -0.378 e. The van der Waals surface area contributed by atoms with Crippen LogP contribution in [0.2, 0.25) is 0 Å². The van der Waals surface area contributed by atoms with Gasteiger partial charge in [-0.3, -0.25) is 0 Å². The summed E-state index contributed by atoms with van der Waals surface area (Å²) in [6.45, 7) is 8.06. The van der Waals surface area contributed by atoms with Crippen LogP contribution in [0.15, 0.2) is 6.33 Å². The second-order valence-electron chi connectivity index (χ2n) is 9.87. The molecule has 32 heavy (non-hydrogen) atoms. The summed E-state index contributed by atoms with van der Waals surface area (Å²) in [4.78, 5) is 18.1. The fourth-order valence-electron chi connectivity index (χ4n) is 5.34. The lowest BCUT2D eigenvalue weighted by atomic mass is 9.93. The first-order chi connectivity index (χ1) is 15.6. The number of fused-ring (bicyclic) bond motifs is 5. The normalized spacial score (nSPS) is 21.8. The van der Waals surface area contributed by atoms with E-state index >= 15 is 0 Å². The Balaban J connectivity index is 1.57. The smallest absolute Gasteiger partial charge is 0.139 e. The first-order valence-corrected chi connectivity index (χ1v) is 12.7. The molecule has 3 aromatic rings. The number of ether oxygens (including phenoxy) is 2. The fourth-order valence-corrected chi connectivity index (χ4v) is 6.54. The first kappa shape index (κ1) is 20.6. The summed E-state index contributed by atoms with van der Waals surface area (Å²) in [5.41, 5.74) is 2.20. The Morgan fingerprint density at radius 3 is 2.72 bits per heavy atom. The largest absolute Gasteiger partial charge is 0.378 e. The zero-order chi connectivity index (χ0) is 21.7. The third kappa shape index (κ3) is 3.62. The van der Waals surface area contributed by atoms with Crippen LogP contribution in [0.25, 0.3) is 20.3 Å². The van der Waals surface area contributed by atoms with Crippen LogP contribution < -0.4 is 10.2 Å². The maximum atomic E-state index is 6.14. The Hall–Kier alpha value is -2.03. The predicted octanol–water partition coefficient (Wildman–Crippen LogP) is 4.67. The van der Waals surface area contributed by atoms with E-state index < -0.39 is 0 Å². The van der Waals surface area contributed by atoms with E-state index in [0.717, 1.165) is 60.3 Å². The molecule has 2 fully saturated rings. The molecule has 5 heterocycles. The predicted molar refractivity (Wildman–Crippen MR) is 129 cm³/mol. The molecule has 3 aromatic heterocycles. The van der Waals surface area contributed by atoms with Gasteiger partial charge in [-0.1, -0.05) is 19.3 Å². The lowest BCUT2D eigenvalue weighted by molar-refractivity contribution is -0.0414. The highest BCUT2D eigenvalue weighted by molar-refractivity contribution is 7.25. The molecule has 3 aliphatic rings. The van der Waals surface area contributed by atoms with Crippen molar-refractivity contribution in [1.29, 1.82) is 0 Å². The van der Waals surface area contributed by atoms with E-state index in [1.54, 1.807) is 17.7 Å². The Morgan fingerprint density at radius 2 is 1.91 bits per heavy atom. The summed E-state index contributed by atoms with van der Waals surface area (Å²) >= 11 is 1.79. The number of aromatic nitrogens is 3. The first-order valence-electron chi connectivity index (χ1n) is 11.9. The van der Waals surface area contributed by atoms with Gasteiger partial charge >= 0.3 is 0 Å². The van der Waals surface area contributed by atoms with Crippen molar-refractivity contribution in [3.05, 3.63) is 17.6 Å². The Morgan fingerprint density at radius 1 is 1.09 bits per heavy atom. The van der Waals surface area contributed by atoms with Gasteiger partial charge in [0.05, 0.1) is 36.5 Å². The van der Waals surface area contributed by atoms with Gasteiger partial charge in [0.15, 0.2) is 0 Å². The molecule has 0 spiro atoms. The second kappa shape index (κ2) is 8.08. The summed E-state index contributed by atoms with van der Waals surface area (Å²) in [6, 6.07) is 0.488. The van der Waals surface area contributed by atoms with Gasteiger partial charge in [0, 0.05) is 35.6 Å².